The fourth-order valence-corrected chi connectivity index (χ4v) is 3.45. The third-order valence-corrected chi connectivity index (χ3v) is 4.69. The number of hydrogen-bond donors (Lipinski definition) is 1. The van der Waals surface area contributed by atoms with Crippen LogP contribution in [0.1, 0.15) is 28.3 Å². The molecule has 0 saturated heterocycles. The van der Waals surface area contributed by atoms with Gasteiger partial charge < -0.3 is 10.1 Å². The van der Waals surface area contributed by atoms with E-state index >= 15 is 0 Å². The highest BCUT2D eigenvalue weighted by Crippen LogP contribution is 2.25. The van der Waals surface area contributed by atoms with Crippen molar-refractivity contribution in [2.24, 2.45) is 0 Å². The molecule has 0 bridgehead atoms. The summed E-state index contributed by atoms with van der Waals surface area (Å²) in [6, 6.07) is 10.6. The molecule has 0 aliphatic rings. The molecule has 2 rings (SSSR count). The van der Waals surface area contributed by atoms with Crippen LogP contribution < -0.4 is 10.1 Å². The monoisotopic (exact) mass is 353 g/mol. The topological polar surface area (TPSA) is 21.3 Å². The predicted molar refractivity (Wildman–Crippen MR) is 89.8 cm³/mol. The molecule has 2 aromatic rings. The van der Waals surface area contributed by atoms with E-state index in [4.69, 9.17) is 4.74 Å². The Balaban J connectivity index is 1.75. The number of hydrogen-bond acceptors (Lipinski definition) is 3. The Morgan fingerprint density at radius 1 is 1.25 bits per heavy atom. The summed E-state index contributed by atoms with van der Waals surface area (Å²) in [4.78, 5) is 2.77. The summed E-state index contributed by atoms with van der Waals surface area (Å²) in [6.45, 7) is 8.06. The highest BCUT2D eigenvalue weighted by Gasteiger charge is 2.10. The average molecular weight is 354 g/mol. The first-order valence-corrected chi connectivity index (χ1v) is 8.36. The van der Waals surface area contributed by atoms with Gasteiger partial charge in [-0.3, -0.25) is 0 Å². The van der Waals surface area contributed by atoms with Crippen molar-refractivity contribution in [2.75, 3.05) is 13.2 Å². The molecule has 1 N–H and O–H groups in total. The first-order valence-electron chi connectivity index (χ1n) is 6.75. The highest BCUT2D eigenvalue weighted by molar-refractivity contribution is 9.10. The van der Waals surface area contributed by atoms with Gasteiger partial charge in [-0.1, -0.05) is 15.9 Å². The molecule has 2 nitrogen and oxygen atoms in total. The number of benzene rings is 1. The van der Waals surface area contributed by atoms with Gasteiger partial charge in [-0.15, -0.1) is 11.3 Å². The second kappa shape index (κ2) is 7.25. The van der Waals surface area contributed by atoms with Crippen LogP contribution in [0.4, 0.5) is 0 Å². The fourth-order valence-electron chi connectivity index (χ4n) is 2.17. The normalized spacial score (nSPS) is 12.4. The van der Waals surface area contributed by atoms with E-state index in [0.29, 0.717) is 12.6 Å². The zero-order valence-electron chi connectivity index (χ0n) is 12.1. The zero-order chi connectivity index (χ0) is 14.5. The van der Waals surface area contributed by atoms with E-state index in [1.54, 1.807) is 0 Å². The number of halogens is 1. The molecule has 0 amide bonds. The molecule has 0 saturated carbocycles. The summed E-state index contributed by atoms with van der Waals surface area (Å²) in [5.74, 6) is 0.908. The molecule has 0 aliphatic heterocycles. The summed E-state index contributed by atoms with van der Waals surface area (Å²) < 4.78 is 6.77. The van der Waals surface area contributed by atoms with Crippen LogP contribution >= 0.6 is 27.3 Å². The van der Waals surface area contributed by atoms with Crippen LogP contribution in [0.5, 0.6) is 5.75 Å². The van der Waals surface area contributed by atoms with Gasteiger partial charge in [0.25, 0.3) is 0 Å². The maximum atomic E-state index is 5.70. The maximum Gasteiger partial charge on any atom is 0.119 e. The van der Waals surface area contributed by atoms with E-state index in [0.717, 1.165) is 16.8 Å². The second-order valence-corrected chi connectivity index (χ2v) is 7.22. The molecule has 1 aromatic heterocycles. The molecule has 1 unspecified atom stereocenters. The minimum atomic E-state index is 0.369. The first-order chi connectivity index (χ1) is 9.56. The van der Waals surface area contributed by atoms with E-state index in [1.165, 1.54) is 15.3 Å². The Hall–Kier alpha value is -0.840. The summed E-state index contributed by atoms with van der Waals surface area (Å²) >= 11 is 5.27. The van der Waals surface area contributed by atoms with Crippen molar-refractivity contribution in [2.45, 2.75) is 26.8 Å². The second-order valence-electron chi connectivity index (χ2n) is 4.85. The van der Waals surface area contributed by atoms with Crippen LogP contribution in [0.2, 0.25) is 0 Å². The van der Waals surface area contributed by atoms with Crippen molar-refractivity contribution in [3.63, 3.8) is 0 Å². The molecule has 1 aromatic carbocycles. The van der Waals surface area contributed by atoms with Crippen LogP contribution in [0, 0.1) is 13.8 Å². The predicted octanol–water partition coefficient (Wildman–Crippen LogP) is 4.86. The molecule has 0 fully saturated rings. The Kier molecular flexibility index (Phi) is 5.64. The molecule has 0 aliphatic carbocycles. The largest absolute Gasteiger partial charge is 0.492 e. The van der Waals surface area contributed by atoms with Crippen molar-refractivity contribution in [3.8, 4) is 5.75 Å². The van der Waals surface area contributed by atoms with E-state index in [2.05, 4.69) is 48.1 Å². The Labute approximate surface area is 133 Å². The molecule has 0 spiro atoms. The van der Waals surface area contributed by atoms with Gasteiger partial charge in [0.15, 0.2) is 0 Å². The minimum absolute atomic E-state index is 0.369. The van der Waals surface area contributed by atoms with Gasteiger partial charge in [0, 0.05) is 26.8 Å². The van der Waals surface area contributed by atoms with Gasteiger partial charge in [-0.25, -0.2) is 0 Å². The van der Waals surface area contributed by atoms with Crippen LogP contribution in [-0.2, 0) is 0 Å². The van der Waals surface area contributed by atoms with E-state index in [1.807, 2.05) is 35.6 Å². The SMILES string of the molecule is Cc1cc(C(C)NCCOc2ccc(Br)cc2)c(C)s1. The molecule has 1 heterocycles. The number of aryl methyl sites for hydroxylation is 2. The fraction of sp³-hybridized carbons (Fsp3) is 0.375. The van der Waals surface area contributed by atoms with Gasteiger partial charge in [0.2, 0.25) is 0 Å². The Bertz CT molecular complexity index is 550. The van der Waals surface area contributed by atoms with Gasteiger partial charge in [-0.05, 0) is 56.7 Å². The molecule has 0 radical (unpaired) electrons. The lowest BCUT2D eigenvalue weighted by Crippen LogP contribution is -2.24. The Morgan fingerprint density at radius 3 is 2.55 bits per heavy atom. The Morgan fingerprint density at radius 2 is 1.95 bits per heavy atom. The average Bonchev–Trinajstić information content (AvgIpc) is 2.75. The highest BCUT2D eigenvalue weighted by atomic mass is 79.9. The first kappa shape index (κ1) is 15.5. The van der Waals surface area contributed by atoms with Crippen molar-refractivity contribution < 1.29 is 4.74 Å². The third kappa shape index (κ3) is 4.33. The van der Waals surface area contributed by atoms with Crippen LogP contribution in [0.3, 0.4) is 0 Å². The smallest absolute Gasteiger partial charge is 0.119 e. The molecule has 108 valence electrons. The lowest BCUT2D eigenvalue weighted by atomic mass is 10.1. The van der Waals surface area contributed by atoms with Crippen LogP contribution in [-0.4, -0.2) is 13.2 Å². The third-order valence-electron chi connectivity index (χ3n) is 3.18. The zero-order valence-corrected chi connectivity index (χ0v) is 14.5. The number of ether oxygens (including phenoxy) is 1. The van der Waals surface area contributed by atoms with Gasteiger partial charge in [-0.2, -0.15) is 0 Å². The van der Waals surface area contributed by atoms with Gasteiger partial charge in [0.05, 0.1) is 0 Å². The van der Waals surface area contributed by atoms with Crippen molar-refractivity contribution in [1.29, 1.82) is 0 Å². The quantitative estimate of drug-likeness (QED) is 0.749. The van der Waals surface area contributed by atoms with Gasteiger partial charge in [0.1, 0.15) is 12.4 Å². The molecular formula is C16H20BrNOS. The van der Waals surface area contributed by atoms with E-state index in [9.17, 15) is 0 Å². The van der Waals surface area contributed by atoms with Crippen molar-refractivity contribution in [3.05, 3.63) is 50.1 Å². The summed E-state index contributed by atoms with van der Waals surface area (Å²) in [5, 5.41) is 3.51. The lowest BCUT2D eigenvalue weighted by Gasteiger charge is -2.14. The van der Waals surface area contributed by atoms with E-state index < -0.39 is 0 Å². The minimum Gasteiger partial charge on any atom is -0.492 e. The number of nitrogens with one attached hydrogen (secondary N) is 1. The van der Waals surface area contributed by atoms with Crippen LogP contribution in [0.15, 0.2) is 34.8 Å². The molecule has 4 heteroatoms. The van der Waals surface area contributed by atoms with Crippen LogP contribution in [0.25, 0.3) is 0 Å². The van der Waals surface area contributed by atoms with E-state index in [-0.39, 0.29) is 0 Å². The standard InChI is InChI=1S/C16H20BrNOS/c1-11-10-16(13(3)20-11)12(2)18-8-9-19-15-6-4-14(17)5-7-15/h4-7,10,12,18H,8-9H2,1-3H3. The lowest BCUT2D eigenvalue weighted by molar-refractivity contribution is 0.307. The summed E-state index contributed by atoms with van der Waals surface area (Å²) in [7, 11) is 0. The molecule has 20 heavy (non-hydrogen) atoms. The number of rotatable bonds is 6. The summed E-state index contributed by atoms with van der Waals surface area (Å²) in [6.07, 6.45) is 0. The molecular weight excluding hydrogens is 334 g/mol. The van der Waals surface area contributed by atoms with Gasteiger partial charge >= 0.3 is 0 Å². The van der Waals surface area contributed by atoms with Crippen molar-refractivity contribution >= 4 is 27.3 Å². The molecule has 1 atom stereocenters. The van der Waals surface area contributed by atoms with Crippen molar-refractivity contribution in [1.82, 2.24) is 5.32 Å². The summed E-state index contributed by atoms with van der Waals surface area (Å²) in [5.41, 5.74) is 1.40. The number of thiophene rings is 1. The maximum absolute atomic E-state index is 5.70.